The average Bonchev–Trinajstić information content (AvgIpc) is 3.14. The number of pyridine rings is 1. The number of hydrogen-bond acceptors (Lipinski definition) is 8. The second-order valence-electron chi connectivity index (χ2n) is 9.35. The van der Waals surface area contributed by atoms with E-state index in [1.807, 2.05) is 57.7 Å². The highest BCUT2D eigenvalue weighted by atomic mass is 19.1. The van der Waals surface area contributed by atoms with E-state index in [4.69, 9.17) is 15.5 Å². The van der Waals surface area contributed by atoms with Crippen molar-refractivity contribution in [3.63, 3.8) is 0 Å². The van der Waals surface area contributed by atoms with Crippen molar-refractivity contribution >= 4 is 34.0 Å². The molecule has 0 saturated heterocycles. The Labute approximate surface area is 210 Å². The van der Waals surface area contributed by atoms with Crippen LogP contribution in [0.3, 0.4) is 0 Å². The van der Waals surface area contributed by atoms with Gasteiger partial charge in [0.1, 0.15) is 11.5 Å². The number of halogens is 1. The first-order valence-electron chi connectivity index (χ1n) is 11.8. The summed E-state index contributed by atoms with van der Waals surface area (Å²) in [6, 6.07) is 8.32. The molecule has 0 aliphatic heterocycles. The van der Waals surface area contributed by atoms with Gasteiger partial charge in [-0.05, 0) is 58.3 Å². The quantitative estimate of drug-likeness (QED) is 0.357. The summed E-state index contributed by atoms with van der Waals surface area (Å²) >= 11 is 0. The Morgan fingerprint density at radius 2 is 1.89 bits per heavy atom. The number of likely N-dealkylation sites (N-methyl/N-ethyl adjacent to an activating group) is 2. The van der Waals surface area contributed by atoms with E-state index < -0.39 is 0 Å². The van der Waals surface area contributed by atoms with E-state index in [1.54, 1.807) is 24.4 Å². The summed E-state index contributed by atoms with van der Waals surface area (Å²) in [5.41, 5.74) is 9.85. The van der Waals surface area contributed by atoms with E-state index in [-0.39, 0.29) is 11.9 Å². The third kappa shape index (κ3) is 5.49. The molecule has 0 amide bonds. The maximum Gasteiger partial charge on any atom is 0.240 e. The molecule has 0 atom stereocenters. The Morgan fingerprint density at radius 3 is 2.61 bits per heavy atom. The van der Waals surface area contributed by atoms with Crippen LogP contribution in [0.1, 0.15) is 13.8 Å². The smallest absolute Gasteiger partial charge is 0.240 e. The minimum absolute atomic E-state index is 0.0977. The molecule has 0 bridgehead atoms. The fourth-order valence-corrected chi connectivity index (χ4v) is 3.92. The Bertz CT molecular complexity index is 1370. The van der Waals surface area contributed by atoms with E-state index in [9.17, 15) is 4.39 Å². The van der Waals surface area contributed by atoms with Gasteiger partial charge in [-0.25, -0.2) is 14.4 Å². The van der Waals surface area contributed by atoms with Crippen LogP contribution in [-0.2, 0) is 7.05 Å². The molecule has 36 heavy (non-hydrogen) atoms. The van der Waals surface area contributed by atoms with Crippen molar-refractivity contribution in [1.82, 2.24) is 24.4 Å². The molecule has 3 heterocycles. The van der Waals surface area contributed by atoms with Gasteiger partial charge in [0.2, 0.25) is 11.8 Å². The molecule has 0 radical (unpaired) electrons. The SMILES string of the molecule is CC(C)Oc1nc(N(C)CCN(C)C)c(N)cc1Nc1nccc(-c2cn(C)c3ccc(F)cc23)n1. The summed E-state index contributed by atoms with van der Waals surface area (Å²) in [5.74, 6) is 1.11. The highest BCUT2D eigenvalue weighted by molar-refractivity contribution is 5.95. The van der Waals surface area contributed by atoms with Crippen molar-refractivity contribution < 1.29 is 9.13 Å². The van der Waals surface area contributed by atoms with Gasteiger partial charge in [-0.1, -0.05) is 0 Å². The number of anilines is 4. The number of rotatable bonds is 9. The average molecular weight is 493 g/mol. The van der Waals surface area contributed by atoms with Gasteiger partial charge in [-0.15, -0.1) is 0 Å². The number of benzene rings is 1. The molecule has 4 rings (SSSR count). The number of nitrogen functional groups attached to an aromatic ring is 1. The molecule has 0 unspecified atom stereocenters. The van der Waals surface area contributed by atoms with Crippen LogP contribution < -0.4 is 20.7 Å². The molecule has 3 aromatic heterocycles. The van der Waals surface area contributed by atoms with Gasteiger partial charge >= 0.3 is 0 Å². The lowest BCUT2D eigenvalue weighted by Crippen LogP contribution is -2.29. The molecule has 9 nitrogen and oxygen atoms in total. The monoisotopic (exact) mass is 492 g/mol. The van der Waals surface area contributed by atoms with Crippen LogP contribution in [0.4, 0.5) is 27.5 Å². The third-order valence-corrected chi connectivity index (χ3v) is 5.72. The molecule has 0 saturated carbocycles. The lowest BCUT2D eigenvalue weighted by molar-refractivity contribution is 0.234. The van der Waals surface area contributed by atoms with Crippen molar-refractivity contribution in [1.29, 1.82) is 0 Å². The largest absolute Gasteiger partial charge is 0.473 e. The fraction of sp³-hybridized carbons (Fsp3) is 0.346. The molecule has 1 aromatic carbocycles. The zero-order valence-electron chi connectivity index (χ0n) is 21.6. The maximum absolute atomic E-state index is 14.0. The molecule has 0 aliphatic rings. The topological polar surface area (TPSA) is 97.4 Å². The molecule has 4 aromatic rings. The summed E-state index contributed by atoms with van der Waals surface area (Å²) in [6.07, 6.45) is 3.49. The van der Waals surface area contributed by atoms with Crippen LogP contribution in [0.25, 0.3) is 22.2 Å². The third-order valence-electron chi connectivity index (χ3n) is 5.72. The second kappa shape index (κ2) is 10.4. The molecule has 10 heteroatoms. The van der Waals surface area contributed by atoms with Crippen LogP contribution >= 0.6 is 0 Å². The Kier molecular flexibility index (Phi) is 7.25. The van der Waals surface area contributed by atoms with Gasteiger partial charge in [-0.2, -0.15) is 4.98 Å². The van der Waals surface area contributed by atoms with E-state index in [2.05, 4.69) is 20.2 Å². The van der Waals surface area contributed by atoms with E-state index in [0.29, 0.717) is 34.7 Å². The molecule has 190 valence electrons. The van der Waals surface area contributed by atoms with Gasteiger partial charge in [0, 0.05) is 56.0 Å². The van der Waals surface area contributed by atoms with Crippen LogP contribution in [0.2, 0.25) is 0 Å². The van der Waals surface area contributed by atoms with Crippen molar-refractivity contribution in [3.05, 3.63) is 48.5 Å². The number of nitrogens with zero attached hydrogens (tertiary/aromatic N) is 6. The molecule has 3 N–H and O–H groups in total. The van der Waals surface area contributed by atoms with Crippen molar-refractivity contribution in [2.75, 3.05) is 50.2 Å². The van der Waals surface area contributed by atoms with Gasteiger partial charge in [0.05, 0.1) is 17.5 Å². The highest BCUT2D eigenvalue weighted by Gasteiger charge is 2.18. The summed E-state index contributed by atoms with van der Waals surface area (Å²) in [6.45, 7) is 5.49. The second-order valence-corrected chi connectivity index (χ2v) is 9.35. The minimum atomic E-state index is -0.296. The van der Waals surface area contributed by atoms with Crippen molar-refractivity contribution in [3.8, 4) is 17.1 Å². The first-order chi connectivity index (χ1) is 17.1. The van der Waals surface area contributed by atoms with Gasteiger partial charge in [0.25, 0.3) is 0 Å². The number of hydrogen-bond donors (Lipinski definition) is 2. The van der Waals surface area contributed by atoms with E-state index >= 15 is 0 Å². The Hall–Kier alpha value is -3.92. The molecule has 0 fully saturated rings. The predicted molar refractivity (Wildman–Crippen MR) is 143 cm³/mol. The summed E-state index contributed by atoms with van der Waals surface area (Å²) in [4.78, 5) is 17.9. The number of aromatic nitrogens is 4. The van der Waals surface area contributed by atoms with Crippen LogP contribution in [0.15, 0.2) is 42.7 Å². The van der Waals surface area contributed by atoms with Crippen LogP contribution in [-0.4, -0.2) is 64.8 Å². The molecular weight excluding hydrogens is 459 g/mol. The van der Waals surface area contributed by atoms with Gasteiger partial charge in [-0.3, -0.25) is 0 Å². The molecule has 0 spiro atoms. The zero-order valence-corrected chi connectivity index (χ0v) is 21.6. The number of ether oxygens (including phenoxy) is 1. The maximum atomic E-state index is 14.0. The lowest BCUT2D eigenvalue weighted by atomic mass is 10.1. The lowest BCUT2D eigenvalue weighted by Gasteiger charge is -2.24. The number of nitrogens with two attached hydrogens (primary N) is 1. The van der Waals surface area contributed by atoms with Crippen LogP contribution in [0, 0.1) is 5.82 Å². The Morgan fingerprint density at radius 1 is 1.11 bits per heavy atom. The van der Waals surface area contributed by atoms with E-state index in [1.165, 1.54) is 12.1 Å². The standard InChI is InChI=1S/C26H33FN8O/c1-16(2)36-25-22(14-20(28)24(32-25)34(5)12-11-33(3)4)31-26-29-10-9-21(30-26)19-15-35(6)23-8-7-17(27)13-18(19)23/h7-10,13-16H,11-12,28H2,1-6H3,(H,29,30,31). The Balaban J connectivity index is 1.68. The first kappa shape index (κ1) is 25.2. The normalized spacial score (nSPS) is 11.5. The summed E-state index contributed by atoms with van der Waals surface area (Å²) in [5, 5.41) is 3.99. The number of nitrogens with one attached hydrogen (secondary N) is 1. The van der Waals surface area contributed by atoms with Crippen LogP contribution in [0.5, 0.6) is 5.88 Å². The molecular formula is C26H33FN8O. The van der Waals surface area contributed by atoms with Gasteiger partial charge < -0.3 is 30.2 Å². The number of fused-ring (bicyclic) bond motifs is 1. The minimum Gasteiger partial charge on any atom is -0.473 e. The number of aryl methyl sites for hydroxylation is 1. The van der Waals surface area contributed by atoms with Crippen molar-refractivity contribution in [2.45, 2.75) is 20.0 Å². The summed E-state index contributed by atoms with van der Waals surface area (Å²) < 4.78 is 21.9. The first-order valence-corrected chi connectivity index (χ1v) is 11.8. The predicted octanol–water partition coefficient (Wildman–Crippen LogP) is 4.28. The van der Waals surface area contributed by atoms with Crippen molar-refractivity contribution in [2.24, 2.45) is 7.05 Å². The zero-order chi connectivity index (χ0) is 26.0. The summed E-state index contributed by atoms with van der Waals surface area (Å²) in [7, 11) is 7.92. The van der Waals surface area contributed by atoms with Gasteiger partial charge in [0.15, 0.2) is 5.82 Å². The van der Waals surface area contributed by atoms with E-state index in [0.717, 1.165) is 29.6 Å². The molecule has 0 aliphatic carbocycles. The fourth-order valence-electron chi connectivity index (χ4n) is 3.92. The highest BCUT2D eigenvalue weighted by Crippen LogP contribution is 2.34.